The number of carboxylic acid groups (broad SMARTS) is 1. The monoisotopic (exact) mass is 355 g/mol. The van der Waals surface area contributed by atoms with Gasteiger partial charge in [-0.15, -0.1) is 0 Å². The van der Waals surface area contributed by atoms with E-state index in [9.17, 15) is 14.7 Å². The highest BCUT2D eigenvalue weighted by Gasteiger charge is 2.45. The Morgan fingerprint density at radius 3 is 2.69 bits per heavy atom. The van der Waals surface area contributed by atoms with Crippen LogP contribution >= 0.6 is 0 Å². The molecular formula is C19H21N3O4. The van der Waals surface area contributed by atoms with Crippen LogP contribution in [0.4, 0.5) is 0 Å². The van der Waals surface area contributed by atoms with Crippen molar-refractivity contribution < 1.29 is 19.4 Å². The van der Waals surface area contributed by atoms with Crippen molar-refractivity contribution in [1.82, 2.24) is 15.1 Å². The molecule has 1 fully saturated rings. The van der Waals surface area contributed by atoms with Crippen LogP contribution < -0.4 is 5.32 Å². The smallest absolute Gasteiger partial charge is 0.331 e. The minimum atomic E-state index is -1.36. The van der Waals surface area contributed by atoms with Crippen LogP contribution in [0.25, 0.3) is 5.69 Å². The van der Waals surface area contributed by atoms with Crippen molar-refractivity contribution in [3.8, 4) is 5.69 Å². The lowest BCUT2D eigenvalue weighted by Crippen LogP contribution is -2.55. The molecule has 1 aromatic carbocycles. The quantitative estimate of drug-likeness (QED) is 0.870. The Balaban J connectivity index is 1.69. The number of aryl methyl sites for hydroxylation is 1. The van der Waals surface area contributed by atoms with Crippen molar-refractivity contribution in [3.05, 3.63) is 46.8 Å². The lowest BCUT2D eigenvalue weighted by Gasteiger charge is -2.23. The molecule has 1 aromatic heterocycles. The van der Waals surface area contributed by atoms with E-state index in [1.54, 1.807) is 0 Å². The molecule has 1 aliphatic heterocycles. The third kappa shape index (κ3) is 2.68. The van der Waals surface area contributed by atoms with Gasteiger partial charge in [0.2, 0.25) is 0 Å². The van der Waals surface area contributed by atoms with Crippen LogP contribution in [-0.2, 0) is 22.4 Å². The number of hydrogen-bond donors (Lipinski definition) is 2. The summed E-state index contributed by atoms with van der Waals surface area (Å²) in [6.45, 7) is 2.32. The van der Waals surface area contributed by atoms with Crippen LogP contribution in [0.15, 0.2) is 24.3 Å². The molecule has 2 heterocycles. The van der Waals surface area contributed by atoms with Gasteiger partial charge in [0.05, 0.1) is 12.3 Å². The molecular weight excluding hydrogens is 334 g/mol. The number of carbonyl (C=O) groups is 2. The molecule has 26 heavy (non-hydrogen) atoms. The molecule has 1 unspecified atom stereocenters. The molecule has 1 aliphatic carbocycles. The van der Waals surface area contributed by atoms with E-state index in [2.05, 4.69) is 10.4 Å². The molecule has 2 aromatic rings. The highest BCUT2D eigenvalue weighted by atomic mass is 16.5. The van der Waals surface area contributed by atoms with E-state index in [1.807, 2.05) is 35.9 Å². The van der Waals surface area contributed by atoms with Crippen LogP contribution in [0.3, 0.4) is 0 Å². The molecule has 1 amide bonds. The fourth-order valence-electron chi connectivity index (χ4n) is 3.68. The normalized spacial score (nSPS) is 21.6. The average molecular weight is 355 g/mol. The van der Waals surface area contributed by atoms with Crippen molar-refractivity contribution >= 4 is 11.9 Å². The number of aliphatic carboxylic acids is 1. The van der Waals surface area contributed by atoms with Gasteiger partial charge in [-0.2, -0.15) is 5.10 Å². The summed E-state index contributed by atoms with van der Waals surface area (Å²) in [5.41, 5.74) is 2.97. The van der Waals surface area contributed by atoms with Gasteiger partial charge in [0.1, 0.15) is 0 Å². The van der Waals surface area contributed by atoms with Gasteiger partial charge in [0, 0.05) is 24.3 Å². The number of aromatic nitrogens is 2. The van der Waals surface area contributed by atoms with E-state index < -0.39 is 17.4 Å². The van der Waals surface area contributed by atoms with Crippen LogP contribution in [0.5, 0.6) is 0 Å². The number of ether oxygens (including phenoxy) is 1. The van der Waals surface area contributed by atoms with Crippen LogP contribution in [0, 0.1) is 6.92 Å². The van der Waals surface area contributed by atoms with E-state index >= 15 is 0 Å². The summed E-state index contributed by atoms with van der Waals surface area (Å²) in [6.07, 6.45) is 2.86. The van der Waals surface area contributed by atoms with Crippen LogP contribution in [0.1, 0.15) is 40.2 Å². The number of nitrogens with one attached hydrogen (secondary N) is 1. The highest BCUT2D eigenvalue weighted by Crippen LogP contribution is 2.29. The minimum absolute atomic E-state index is 0.0189. The Bertz CT molecular complexity index is 864. The predicted octanol–water partition coefficient (Wildman–Crippen LogP) is 1.64. The summed E-state index contributed by atoms with van der Waals surface area (Å²) in [5.74, 6) is -1.51. The lowest BCUT2D eigenvalue weighted by molar-refractivity contribution is -0.144. The lowest BCUT2D eigenvalue weighted by atomic mass is 9.98. The highest BCUT2D eigenvalue weighted by molar-refractivity contribution is 5.98. The standard InChI is InChI=1S/C19H21N3O4/c1-12-5-7-13(8-6-12)22-15-4-2-3-14(15)16(21-22)17(23)20-19(18(24)25)9-10-26-11-19/h5-8H,2-4,9-11H2,1H3,(H,20,23)(H,24,25). The van der Waals surface area contributed by atoms with Gasteiger partial charge in [0.15, 0.2) is 11.2 Å². The SMILES string of the molecule is Cc1ccc(-n2nc(C(=O)NC3(C(=O)O)CCOC3)c3c2CCC3)cc1. The van der Waals surface area contributed by atoms with E-state index in [4.69, 9.17) is 4.74 Å². The number of rotatable bonds is 4. The first-order valence-corrected chi connectivity index (χ1v) is 8.82. The van der Waals surface area contributed by atoms with Crippen LogP contribution in [-0.4, -0.2) is 45.5 Å². The number of nitrogens with zero attached hydrogens (tertiary/aromatic N) is 2. The van der Waals surface area contributed by atoms with Crippen molar-refractivity contribution in [3.63, 3.8) is 0 Å². The van der Waals surface area contributed by atoms with Crippen LogP contribution in [0.2, 0.25) is 0 Å². The summed E-state index contributed by atoms with van der Waals surface area (Å²) in [4.78, 5) is 24.5. The summed E-state index contributed by atoms with van der Waals surface area (Å²) < 4.78 is 7.03. The fourth-order valence-corrected chi connectivity index (χ4v) is 3.68. The molecule has 2 N–H and O–H groups in total. The number of amides is 1. The summed E-state index contributed by atoms with van der Waals surface area (Å²) in [7, 11) is 0. The van der Waals surface area contributed by atoms with Crippen molar-refractivity contribution in [2.24, 2.45) is 0 Å². The largest absolute Gasteiger partial charge is 0.479 e. The maximum absolute atomic E-state index is 12.9. The Hall–Kier alpha value is -2.67. The Morgan fingerprint density at radius 2 is 2.04 bits per heavy atom. The van der Waals surface area contributed by atoms with E-state index in [0.29, 0.717) is 12.3 Å². The molecule has 0 radical (unpaired) electrons. The Labute approximate surface area is 151 Å². The van der Waals surface area contributed by atoms with Crippen molar-refractivity contribution in [2.75, 3.05) is 13.2 Å². The first kappa shape index (κ1) is 16.8. The van der Waals surface area contributed by atoms with Gasteiger partial charge < -0.3 is 15.2 Å². The topological polar surface area (TPSA) is 93.5 Å². The number of carboxylic acids is 1. The molecule has 1 saturated heterocycles. The second kappa shape index (κ2) is 6.25. The number of carbonyl (C=O) groups excluding carboxylic acids is 1. The van der Waals surface area contributed by atoms with Crippen molar-refractivity contribution in [2.45, 2.75) is 38.1 Å². The average Bonchev–Trinajstić information content (AvgIpc) is 3.31. The molecule has 0 saturated carbocycles. The van der Waals surface area contributed by atoms with Gasteiger partial charge in [-0.1, -0.05) is 17.7 Å². The van der Waals surface area contributed by atoms with Gasteiger partial charge in [-0.3, -0.25) is 4.79 Å². The predicted molar refractivity (Wildman–Crippen MR) is 93.6 cm³/mol. The van der Waals surface area contributed by atoms with Gasteiger partial charge in [-0.05, 0) is 38.3 Å². The fraction of sp³-hybridized carbons (Fsp3) is 0.421. The van der Waals surface area contributed by atoms with E-state index in [0.717, 1.165) is 41.8 Å². The zero-order chi connectivity index (χ0) is 18.3. The third-order valence-electron chi connectivity index (χ3n) is 5.21. The molecule has 136 valence electrons. The van der Waals surface area contributed by atoms with E-state index in [1.165, 1.54) is 0 Å². The van der Waals surface area contributed by atoms with Gasteiger partial charge in [0.25, 0.3) is 5.91 Å². The summed E-state index contributed by atoms with van der Waals surface area (Å²) in [5, 5.41) is 16.7. The second-order valence-corrected chi connectivity index (χ2v) is 7.02. The molecule has 7 nitrogen and oxygen atoms in total. The van der Waals surface area contributed by atoms with Gasteiger partial charge in [-0.25, -0.2) is 9.48 Å². The maximum atomic E-state index is 12.9. The van der Waals surface area contributed by atoms with Crippen molar-refractivity contribution in [1.29, 1.82) is 0 Å². The molecule has 1 atom stereocenters. The number of benzene rings is 1. The maximum Gasteiger partial charge on any atom is 0.331 e. The number of hydrogen-bond acceptors (Lipinski definition) is 4. The second-order valence-electron chi connectivity index (χ2n) is 7.02. The summed E-state index contributed by atoms with van der Waals surface area (Å²) in [6, 6.07) is 7.97. The Morgan fingerprint density at radius 1 is 1.27 bits per heavy atom. The molecule has 4 rings (SSSR count). The molecule has 2 aliphatic rings. The van der Waals surface area contributed by atoms with E-state index in [-0.39, 0.29) is 13.0 Å². The molecule has 0 bridgehead atoms. The minimum Gasteiger partial charge on any atom is -0.479 e. The Kier molecular flexibility index (Phi) is 4.03. The first-order valence-electron chi connectivity index (χ1n) is 8.82. The first-order chi connectivity index (χ1) is 12.5. The summed E-state index contributed by atoms with van der Waals surface area (Å²) >= 11 is 0. The zero-order valence-electron chi connectivity index (χ0n) is 14.6. The number of fused-ring (bicyclic) bond motifs is 1. The van der Waals surface area contributed by atoms with Gasteiger partial charge >= 0.3 is 5.97 Å². The zero-order valence-corrected chi connectivity index (χ0v) is 14.6. The third-order valence-corrected chi connectivity index (χ3v) is 5.21. The molecule has 0 spiro atoms. The molecule has 7 heteroatoms.